The molecule has 3 aromatic rings. The monoisotopic (exact) mass is 392 g/mol. The number of ether oxygens (including phenoxy) is 1. The van der Waals surface area contributed by atoms with Crippen molar-refractivity contribution >= 4 is 17.5 Å². The molecule has 1 aromatic heterocycles. The highest BCUT2D eigenvalue weighted by Gasteiger charge is 2.34. The summed E-state index contributed by atoms with van der Waals surface area (Å²) in [6, 6.07) is 17.2. The van der Waals surface area contributed by atoms with E-state index in [-0.39, 0.29) is 5.82 Å². The van der Waals surface area contributed by atoms with Gasteiger partial charge in [0.15, 0.2) is 5.89 Å². The van der Waals surface area contributed by atoms with Gasteiger partial charge in [-0.3, -0.25) is 0 Å². The molecule has 4 rings (SSSR count). The molecule has 1 unspecified atom stereocenters. The number of allylic oxidation sites excluding steroid dienone is 1. The lowest BCUT2D eigenvalue weighted by molar-refractivity contribution is 0.302. The lowest BCUT2D eigenvalue weighted by Gasteiger charge is -2.24. The van der Waals surface area contributed by atoms with Crippen LogP contribution in [-0.4, -0.2) is 4.98 Å². The molecule has 2 aromatic carbocycles. The van der Waals surface area contributed by atoms with E-state index in [4.69, 9.17) is 26.5 Å². The number of hydrogen-bond donors (Lipinski definition) is 2. The molecule has 0 aliphatic carbocycles. The quantitative estimate of drug-likeness (QED) is 0.680. The minimum absolute atomic E-state index is 0.253. The van der Waals surface area contributed by atoms with E-state index in [9.17, 15) is 5.26 Å². The fourth-order valence-corrected chi connectivity index (χ4v) is 3.36. The number of nitrogens with two attached hydrogens (primary N) is 1. The Morgan fingerprint density at radius 1 is 1.25 bits per heavy atom. The van der Waals surface area contributed by atoms with Crippen LogP contribution in [0.15, 0.2) is 64.3 Å². The Bertz CT molecular complexity index is 1100. The van der Waals surface area contributed by atoms with Gasteiger partial charge in [-0.15, -0.1) is 0 Å². The first-order chi connectivity index (χ1) is 13.6. The molecule has 0 radical (unpaired) electrons. The first-order valence-electron chi connectivity index (χ1n) is 8.67. The maximum Gasteiger partial charge on any atom is 0.223 e. The van der Waals surface area contributed by atoms with Crippen LogP contribution in [0, 0.1) is 18.3 Å². The standard InChI is InChI=1S/C21H17ClN4O2/c1-12-25-19-18(16(10-23)20(24)26-21(19)28-12)15-4-2-3-5-17(15)27-11-13-6-8-14(22)9-7-13/h2-9,18,26H,11,24H2,1H3. The number of rotatable bonds is 4. The van der Waals surface area contributed by atoms with Crippen LogP contribution in [-0.2, 0) is 6.61 Å². The Kier molecular flexibility index (Phi) is 4.68. The molecule has 0 saturated heterocycles. The van der Waals surface area contributed by atoms with Crippen molar-refractivity contribution in [2.45, 2.75) is 19.4 Å². The van der Waals surface area contributed by atoms with Crippen LogP contribution in [0.5, 0.6) is 5.75 Å². The average Bonchev–Trinajstić information content (AvgIpc) is 3.06. The minimum Gasteiger partial charge on any atom is -0.489 e. The Hall–Kier alpha value is -3.43. The normalized spacial score (nSPS) is 15.5. The molecule has 28 heavy (non-hydrogen) atoms. The molecule has 0 spiro atoms. The number of benzene rings is 2. The van der Waals surface area contributed by atoms with E-state index in [0.717, 1.165) is 11.1 Å². The second kappa shape index (κ2) is 7.29. The third-order valence-corrected chi connectivity index (χ3v) is 4.77. The maximum atomic E-state index is 9.71. The molecule has 0 saturated carbocycles. The summed E-state index contributed by atoms with van der Waals surface area (Å²) in [5.41, 5.74) is 8.85. The first kappa shape index (κ1) is 18.0. The number of nitrogens with zero attached hydrogens (tertiary/aromatic N) is 2. The van der Waals surface area contributed by atoms with E-state index in [0.29, 0.717) is 40.4 Å². The molecule has 6 nitrogen and oxygen atoms in total. The van der Waals surface area contributed by atoms with Crippen molar-refractivity contribution in [2.75, 3.05) is 5.32 Å². The van der Waals surface area contributed by atoms with Gasteiger partial charge >= 0.3 is 0 Å². The van der Waals surface area contributed by atoms with Crippen molar-refractivity contribution in [1.82, 2.24) is 4.98 Å². The molecule has 7 heteroatoms. The summed E-state index contributed by atoms with van der Waals surface area (Å²) < 4.78 is 11.7. The summed E-state index contributed by atoms with van der Waals surface area (Å²) in [7, 11) is 0. The molecule has 0 bridgehead atoms. The molecule has 1 aliphatic heterocycles. The van der Waals surface area contributed by atoms with Crippen LogP contribution in [0.3, 0.4) is 0 Å². The fourth-order valence-electron chi connectivity index (χ4n) is 3.23. The zero-order chi connectivity index (χ0) is 19.7. The van der Waals surface area contributed by atoms with E-state index < -0.39 is 5.92 Å². The Morgan fingerprint density at radius 3 is 2.75 bits per heavy atom. The second-order valence-electron chi connectivity index (χ2n) is 6.40. The lowest BCUT2D eigenvalue weighted by atomic mass is 9.86. The SMILES string of the molecule is Cc1nc2c(o1)NC(N)=C(C#N)C2c1ccccc1OCc1ccc(Cl)cc1. The molecule has 0 fully saturated rings. The molecule has 140 valence electrons. The van der Waals surface area contributed by atoms with Crippen molar-refractivity contribution in [2.24, 2.45) is 5.73 Å². The average molecular weight is 393 g/mol. The lowest BCUT2D eigenvalue weighted by Crippen LogP contribution is -2.23. The summed E-state index contributed by atoms with van der Waals surface area (Å²) in [6.07, 6.45) is 0. The number of nitriles is 1. The Morgan fingerprint density at radius 2 is 2.00 bits per heavy atom. The van der Waals surface area contributed by atoms with Gasteiger partial charge in [-0.1, -0.05) is 41.9 Å². The van der Waals surface area contributed by atoms with Crippen LogP contribution in [0.25, 0.3) is 0 Å². The van der Waals surface area contributed by atoms with Crippen LogP contribution >= 0.6 is 11.6 Å². The number of halogens is 1. The number of hydrogen-bond acceptors (Lipinski definition) is 6. The Labute approximate surface area is 167 Å². The third kappa shape index (κ3) is 3.28. The molecule has 2 heterocycles. The van der Waals surface area contributed by atoms with Crippen molar-refractivity contribution in [3.63, 3.8) is 0 Å². The van der Waals surface area contributed by atoms with Crippen LogP contribution in [0.2, 0.25) is 5.02 Å². The van der Waals surface area contributed by atoms with Crippen molar-refractivity contribution in [3.05, 3.63) is 87.7 Å². The smallest absolute Gasteiger partial charge is 0.223 e. The summed E-state index contributed by atoms with van der Waals surface area (Å²) in [6.45, 7) is 2.12. The van der Waals surface area contributed by atoms with E-state index >= 15 is 0 Å². The van der Waals surface area contributed by atoms with Crippen molar-refractivity contribution in [3.8, 4) is 11.8 Å². The molecule has 1 aliphatic rings. The summed E-state index contributed by atoms with van der Waals surface area (Å²) in [5, 5.41) is 13.3. The first-order valence-corrected chi connectivity index (χ1v) is 9.05. The second-order valence-corrected chi connectivity index (χ2v) is 6.83. The topological polar surface area (TPSA) is 97.1 Å². The number of anilines is 1. The van der Waals surface area contributed by atoms with Gasteiger partial charge in [-0.05, 0) is 23.8 Å². The number of para-hydroxylation sites is 1. The van der Waals surface area contributed by atoms with Gasteiger partial charge in [0.1, 0.15) is 23.9 Å². The van der Waals surface area contributed by atoms with Gasteiger partial charge < -0.3 is 20.2 Å². The summed E-state index contributed by atoms with van der Waals surface area (Å²) >= 11 is 5.94. The number of fused-ring (bicyclic) bond motifs is 1. The van der Waals surface area contributed by atoms with Gasteiger partial charge in [-0.2, -0.15) is 5.26 Å². The van der Waals surface area contributed by atoms with Crippen LogP contribution in [0.1, 0.15) is 28.6 Å². The summed E-state index contributed by atoms with van der Waals surface area (Å²) in [5.74, 6) is 1.38. The highest BCUT2D eigenvalue weighted by molar-refractivity contribution is 6.30. The predicted octanol–water partition coefficient (Wildman–Crippen LogP) is 4.47. The van der Waals surface area contributed by atoms with Crippen molar-refractivity contribution < 1.29 is 9.15 Å². The number of oxazole rings is 1. The number of aryl methyl sites for hydroxylation is 1. The zero-order valence-electron chi connectivity index (χ0n) is 15.1. The van der Waals surface area contributed by atoms with Crippen LogP contribution in [0.4, 0.5) is 5.88 Å². The maximum absolute atomic E-state index is 9.71. The van der Waals surface area contributed by atoms with Crippen LogP contribution < -0.4 is 15.8 Å². The van der Waals surface area contributed by atoms with Gasteiger partial charge in [0.25, 0.3) is 0 Å². The van der Waals surface area contributed by atoms with E-state index in [1.54, 1.807) is 6.92 Å². The van der Waals surface area contributed by atoms with Gasteiger partial charge in [-0.25, -0.2) is 4.98 Å². The van der Waals surface area contributed by atoms with E-state index in [1.165, 1.54) is 0 Å². The Balaban J connectivity index is 1.73. The predicted molar refractivity (Wildman–Crippen MR) is 106 cm³/mol. The highest BCUT2D eigenvalue weighted by atomic mass is 35.5. The zero-order valence-corrected chi connectivity index (χ0v) is 15.8. The number of aromatic nitrogens is 1. The molecule has 3 N–H and O–H groups in total. The molecular formula is C21H17ClN4O2. The highest BCUT2D eigenvalue weighted by Crippen LogP contribution is 2.43. The van der Waals surface area contributed by atoms with Gasteiger partial charge in [0, 0.05) is 17.5 Å². The van der Waals surface area contributed by atoms with E-state index in [1.807, 2.05) is 48.5 Å². The summed E-state index contributed by atoms with van der Waals surface area (Å²) in [4.78, 5) is 4.47. The van der Waals surface area contributed by atoms with Crippen molar-refractivity contribution in [1.29, 1.82) is 5.26 Å². The fraction of sp³-hybridized carbons (Fsp3) is 0.143. The largest absolute Gasteiger partial charge is 0.489 e. The minimum atomic E-state index is -0.472. The molecule has 1 atom stereocenters. The van der Waals surface area contributed by atoms with Gasteiger partial charge in [0.05, 0.1) is 17.6 Å². The molecular weight excluding hydrogens is 376 g/mol. The number of nitrogens with one attached hydrogen (secondary N) is 1. The van der Waals surface area contributed by atoms with E-state index in [2.05, 4.69) is 16.4 Å². The third-order valence-electron chi connectivity index (χ3n) is 4.52. The van der Waals surface area contributed by atoms with Gasteiger partial charge in [0.2, 0.25) is 5.88 Å². The molecule has 0 amide bonds.